The molecule has 8 heteroatoms. The van der Waals surface area contributed by atoms with Gasteiger partial charge in [0.05, 0.1) is 31.7 Å². The van der Waals surface area contributed by atoms with E-state index in [0.29, 0.717) is 31.6 Å². The summed E-state index contributed by atoms with van der Waals surface area (Å²) in [5.41, 5.74) is 8.06. The second kappa shape index (κ2) is 12.5. The number of para-hydroxylation sites is 2. The first-order valence-corrected chi connectivity index (χ1v) is 10.5. The van der Waals surface area contributed by atoms with Gasteiger partial charge in [0, 0.05) is 25.7 Å². The second-order valence-electron chi connectivity index (χ2n) is 7.15. The number of nitrogens with two attached hydrogens (primary N) is 1. The third kappa shape index (κ3) is 6.81. The Labute approximate surface area is 202 Å². The summed E-state index contributed by atoms with van der Waals surface area (Å²) in [5.74, 6) is 3.21. The fraction of sp³-hybridized carbons (Fsp3) is 0.435. The smallest absolute Gasteiger partial charge is 0.193 e. The summed E-state index contributed by atoms with van der Waals surface area (Å²) < 4.78 is 16.8. The standard InChI is InChI=1S/C23H32N4O3.HI/c1-4-29-18-10-11-21(30-5-2)19(14-18)26-23(24)25-15-17-12-13-27(16-17)20-8-6-7-9-22(20)28-3;/h6-11,14,17H,4-5,12-13,15-16H2,1-3H3,(H3,24,25,26);1H. The van der Waals surface area contributed by atoms with E-state index in [-0.39, 0.29) is 24.0 Å². The minimum Gasteiger partial charge on any atom is -0.495 e. The summed E-state index contributed by atoms with van der Waals surface area (Å²) in [4.78, 5) is 6.93. The molecule has 1 saturated heterocycles. The number of anilines is 2. The quantitative estimate of drug-likeness (QED) is 0.280. The predicted molar refractivity (Wildman–Crippen MR) is 138 cm³/mol. The molecule has 1 aliphatic heterocycles. The Kier molecular flexibility index (Phi) is 10.0. The molecule has 1 atom stereocenters. The van der Waals surface area contributed by atoms with E-state index in [2.05, 4.69) is 21.3 Å². The van der Waals surface area contributed by atoms with Crippen LogP contribution in [0.5, 0.6) is 17.2 Å². The third-order valence-electron chi connectivity index (χ3n) is 5.06. The van der Waals surface area contributed by atoms with Crippen LogP contribution in [0, 0.1) is 5.92 Å². The Bertz CT molecular complexity index is 862. The normalized spacial score (nSPS) is 15.9. The van der Waals surface area contributed by atoms with Crippen LogP contribution in [0.2, 0.25) is 0 Å². The average Bonchev–Trinajstić information content (AvgIpc) is 3.23. The van der Waals surface area contributed by atoms with Crippen LogP contribution in [0.15, 0.2) is 47.5 Å². The van der Waals surface area contributed by atoms with Crippen molar-refractivity contribution in [3.63, 3.8) is 0 Å². The number of rotatable bonds is 9. The largest absolute Gasteiger partial charge is 0.495 e. The Morgan fingerprint density at radius 2 is 1.90 bits per heavy atom. The van der Waals surface area contributed by atoms with E-state index < -0.39 is 0 Å². The molecule has 2 aromatic carbocycles. The molecule has 0 amide bonds. The number of aliphatic imine (C=N–C) groups is 1. The van der Waals surface area contributed by atoms with Gasteiger partial charge in [-0.25, -0.2) is 0 Å². The molecule has 1 fully saturated rings. The Morgan fingerprint density at radius 1 is 1.13 bits per heavy atom. The Hall–Kier alpha value is -2.36. The molecule has 170 valence electrons. The predicted octanol–water partition coefficient (Wildman–Crippen LogP) is 4.36. The molecule has 1 heterocycles. The van der Waals surface area contributed by atoms with E-state index in [1.54, 1.807) is 7.11 Å². The number of hydrogen-bond acceptors (Lipinski definition) is 5. The second-order valence-corrected chi connectivity index (χ2v) is 7.15. The first-order valence-electron chi connectivity index (χ1n) is 10.5. The van der Waals surface area contributed by atoms with E-state index in [0.717, 1.165) is 48.1 Å². The van der Waals surface area contributed by atoms with E-state index in [1.807, 2.05) is 50.2 Å². The summed E-state index contributed by atoms with van der Waals surface area (Å²) in [7, 11) is 1.71. The number of benzene rings is 2. The van der Waals surface area contributed by atoms with Crippen LogP contribution in [-0.4, -0.2) is 45.9 Å². The van der Waals surface area contributed by atoms with Crippen LogP contribution in [0.25, 0.3) is 0 Å². The van der Waals surface area contributed by atoms with Crippen LogP contribution >= 0.6 is 24.0 Å². The van der Waals surface area contributed by atoms with Gasteiger partial charge in [-0.05, 0) is 50.5 Å². The van der Waals surface area contributed by atoms with E-state index in [1.165, 1.54) is 0 Å². The molecule has 1 aliphatic rings. The monoisotopic (exact) mass is 540 g/mol. The third-order valence-corrected chi connectivity index (χ3v) is 5.06. The fourth-order valence-corrected chi connectivity index (χ4v) is 3.64. The van der Waals surface area contributed by atoms with Gasteiger partial charge >= 0.3 is 0 Å². The zero-order valence-corrected chi connectivity index (χ0v) is 20.8. The zero-order chi connectivity index (χ0) is 21.3. The molecule has 2 aromatic rings. The maximum absolute atomic E-state index is 6.17. The molecule has 0 bridgehead atoms. The number of hydrogen-bond donors (Lipinski definition) is 2. The van der Waals surface area contributed by atoms with Gasteiger partial charge in [0.1, 0.15) is 17.2 Å². The highest BCUT2D eigenvalue weighted by Crippen LogP contribution is 2.32. The summed E-state index contributed by atoms with van der Waals surface area (Å²) in [6.07, 6.45) is 1.07. The summed E-state index contributed by atoms with van der Waals surface area (Å²) in [6.45, 7) is 7.65. The van der Waals surface area contributed by atoms with Crippen molar-refractivity contribution in [2.45, 2.75) is 20.3 Å². The summed E-state index contributed by atoms with van der Waals surface area (Å²) in [6, 6.07) is 13.8. The van der Waals surface area contributed by atoms with Gasteiger partial charge in [-0.3, -0.25) is 4.99 Å². The van der Waals surface area contributed by atoms with Gasteiger partial charge in [0.2, 0.25) is 0 Å². The highest BCUT2D eigenvalue weighted by atomic mass is 127. The average molecular weight is 540 g/mol. The molecule has 31 heavy (non-hydrogen) atoms. The number of halogens is 1. The summed E-state index contributed by atoms with van der Waals surface area (Å²) >= 11 is 0. The first-order chi connectivity index (χ1) is 14.6. The van der Waals surface area contributed by atoms with E-state index in [4.69, 9.17) is 19.9 Å². The lowest BCUT2D eigenvalue weighted by Crippen LogP contribution is -2.25. The maximum Gasteiger partial charge on any atom is 0.193 e. The number of ether oxygens (including phenoxy) is 3. The van der Waals surface area contributed by atoms with Gasteiger partial charge < -0.3 is 30.2 Å². The van der Waals surface area contributed by atoms with Gasteiger partial charge in [-0.2, -0.15) is 0 Å². The number of guanidine groups is 1. The number of methoxy groups -OCH3 is 1. The molecule has 3 N–H and O–H groups in total. The lowest BCUT2D eigenvalue weighted by Gasteiger charge is -2.21. The molecule has 0 aromatic heterocycles. The van der Waals surface area contributed by atoms with Crippen LogP contribution in [-0.2, 0) is 0 Å². The van der Waals surface area contributed by atoms with Crippen molar-refractivity contribution in [3.05, 3.63) is 42.5 Å². The van der Waals surface area contributed by atoms with Crippen molar-refractivity contribution in [1.82, 2.24) is 0 Å². The first kappa shape index (κ1) is 24.9. The van der Waals surface area contributed by atoms with Crippen LogP contribution in [0.1, 0.15) is 20.3 Å². The molecule has 0 aliphatic carbocycles. The molecule has 0 radical (unpaired) electrons. The molecular formula is C23H33IN4O3. The van der Waals surface area contributed by atoms with Gasteiger partial charge in [0.15, 0.2) is 5.96 Å². The minimum atomic E-state index is 0. The summed E-state index contributed by atoms with van der Waals surface area (Å²) in [5, 5.41) is 3.17. The molecule has 0 saturated carbocycles. The highest BCUT2D eigenvalue weighted by Gasteiger charge is 2.24. The van der Waals surface area contributed by atoms with Crippen LogP contribution in [0.3, 0.4) is 0 Å². The van der Waals surface area contributed by atoms with Crippen molar-refractivity contribution < 1.29 is 14.2 Å². The van der Waals surface area contributed by atoms with Crippen molar-refractivity contribution in [2.24, 2.45) is 16.6 Å². The van der Waals surface area contributed by atoms with E-state index in [9.17, 15) is 0 Å². The zero-order valence-electron chi connectivity index (χ0n) is 18.5. The fourth-order valence-electron chi connectivity index (χ4n) is 3.64. The minimum absolute atomic E-state index is 0. The Morgan fingerprint density at radius 3 is 2.65 bits per heavy atom. The van der Waals surface area contributed by atoms with Gasteiger partial charge in [-0.15, -0.1) is 24.0 Å². The van der Waals surface area contributed by atoms with Crippen LogP contribution < -0.4 is 30.2 Å². The highest BCUT2D eigenvalue weighted by molar-refractivity contribution is 14.0. The molecule has 3 rings (SSSR count). The van der Waals surface area contributed by atoms with E-state index >= 15 is 0 Å². The Balaban J connectivity index is 0.00000341. The lowest BCUT2D eigenvalue weighted by atomic mass is 10.1. The van der Waals surface area contributed by atoms with Crippen molar-refractivity contribution >= 4 is 41.3 Å². The molecule has 7 nitrogen and oxygen atoms in total. The lowest BCUT2D eigenvalue weighted by molar-refractivity contribution is 0.332. The SMILES string of the molecule is CCOc1ccc(OCC)c(NC(N)=NCC2CCN(c3ccccc3OC)C2)c1.I. The number of nitrogens with zero attached hydrogens (tertiary/aromatic N) is 2. The van der Waals surface area contributed by atoms with Crippen molar-refractivity contribution in [2.75, 3.05) is 50.2 Å². The maximum atomic E-state index is 6.17. The molecular weight excluding hydrogens is 507 g/mol. The van der Waals surface area contributed by atoms with Crippen molar-refractivity contribution in [1.29, 1.82) is 0 Å². The van der Waals surface area contributed by atoms with Crippen LogP contribution in [0.4, 0.5) is 11.4 Å². The topological polar surface area (TPSA) is 81.3 Å². The molecule has 1 unspecified atom stereocenters. The van der Waals surface area contributed by atoms with Gasteiger partial charge in [0.25, 0.3) is 0 Å². The molecule has 0 spiro atoms. The van der Waals surface area contributed by atoms with Gasteiger partial charge in [-0.1, -0.05) is 12.1 Å². The van der Waals surface area contributed by atoms with Crippen molar-refractivity contribution in [3.8, 4) is 17.2 Å². The number of nitrogens with one attached hydrogen (secondary N) is 1.